The van der Waals surface area contributed by atoms with Crippen molar-refractivity contribution in [2.24, 2.45) is 5.92 Å². The third-order valence-corrected chi connectivity index (χ3v) is 3.63. The molecule has 1 atom stereocenters. The van der Waals surface area contributed by atoms with Gasteiger partial charge in [-0.25, -0.2) is 0 Å². The average Bonchev–Trinajstić information content (AvgIpc) is 3.04. The number of carboxylic acids is 1. The number of aromatic hydroxyl groups is 1. The summed E-state index contributed by atoms with van der Waals surface area (Å²) < 4.78 is 0. The van der Waals surface area contributed by atoms with Crippen LogP contribution in [0.15, 0.2) is 12.1 Å². The van der Waals surface area contributed by atoms with Gasteiger partial charge < -0.3 is 10.2 Å². The van der Waals surface area contributed by atoms with Crippen molar-refractivity contribution in [3.05, 3.63) is 28.8 Å². The molecule has 1 fully saturated rings. The maximum absolute atomic E-state index is 10.9. The molecule has 3 nitrogen and oxygen atoms in total. The number of benzene rings is 1. The summed E-state index contributed by atoms with van der Waals surface area (Å²) in [5.41, 5.74) is 2.95. The maximum atomic E-state index is 10.9. The predicted octanol–water partition coefficient (Wildman–Crippen LogP) is 2.98. The van der Waals surface area contributed by atoms with Gasteiger partial charge in [0, 0.05) is 5.92 Å². The van der Waals surface area contributed by atoms with E-state index in [0.29, 0.717) is 5.92 Å². The van der Waals surface area contributed by atoms with Crippen LogP contribution in [0.3, 0.4) is 0 Å². The van der Waals surface area contributed by atoms with Crippen LogP contribution >= 0.6 is 0 Å². The summed E-state index contributed by atoms with van der Waals surface area (Å²) in [5, 5.41) is 18.9. The van der Waals surface area contributed by atoms with E-state index in [1.165, 1.54) is 0 Å². The molecule has 1 saturated carbocycles. The molecule has 1 aromatic carbocycles. The number of rotatable bonds is 4. The summed E-state index contributed by atoms with van der Waals surface area (Å²) in [5.74, 6) is -0.156. The first kappa shape index (κ1) is 12.0. The summed E-state index contributed by atoms with van der Waals surface area (Å²) in [4.78, 5) is 10.9. The molecule has 0 bridgehead atoms. The van der Waals surface area contributed by atoms with Crippen LogP contribution in [0.1, 0.15) is 41.9 Å². The van der Waals surface area contributed by atoms with Gasteiger partial charge in [-0.2, -0.15) is 0 Å². The number of aryl methyl sites for hydroxylation is 2. The van der Waals surface area contributed by atoms with Gasteiger partial charge in [0.2, 0.25) is 0 Å². The molecule has 1 aromatic rings. The van der Waals surface area contributed by atoms with Crippen LogP contribution < -0.4 is 0 Å². The molecular weight excluding hydrogens is 216 g/mol. The Balaban J connectivity index is 2.35. The Kier molecular flexibility index (Phi) is 3.09. The predicted molar refractivity (Wildman–Crippen MR) is 65.3 cm³/mol. The molecule has 0 spiro atoms. The molecular formula is C14H18O3. The Bertz CT molecular complexity index is 447. The fraction of sp³-hybridized carbons (Fsp3) is 0.500. The van der Waals surface area contributed by atoms with Gasteiger partial charge in [0.1, 0.15) is 5.75 Å². The molecule has 0 saturated heterocycles. The van der Waals surface area contributed by atoms with Crippen LogP contribution in [0.5, 0.6) is 5.75 Å². The Hall–Kier alpha value is -1.51. The zero-order valence-electron chi connectivity index (χ0n) is 10.2. The van der Waals surface area contributed by atoms with E-state index in [1.807, 2.05) is 19.9 Å². The van der Waals surface area contributed by atoms with Gasteiger partial charge in [-0.05, 0) is 55.4 Å². The monoisotopic (exact) mass is 234 g/mol. The Morgan fingerprint density at radius 1 is 1.35 bits per heavy atom. The smallest absolute Gasteiger partial charge is 0.303 e. The second kappa shape index (κ2) is 4.40. The molecule has 0 amide bonds. The van der Waals surface area contributed by atoms with E-state index in [9.17, 15) is 9.90 Å². The van der Waals surface area contributed by atoms with Gasteiger partial charge in [0.05, 0.1) is 6.42 Å². The molecule has 0 aromatic heterocycles. The topological polar surface area (TPSA) is 57.5 Å². The van der Waals surface area contributed by atoms with E-state index in [0.717, 1.165) is 29.5 Å². The number of phenols is 1. The van der Waals surface area contributed by atoms with E-state index in [2.05, 4.69) is 0 Å². The fourth-order valence-corrected chi connectivity index (χ4v) is 2.34. The third-order valence-electron chi connectivity index (χ3n) is 3.63. The SMILES string of the molecule is Cc1cc(O)c(C(CC(=O)O)C2CC2)cc1C. The van der Waals surface area contributed by atoms with Crippen LogP contribution in [-0.4, -0.2) is 16.2 Å². The normalized spacial score (nSPS) is 16.8. The van der Waals surface area contributed by atoms with Crippen LogP contribution in [0.2, 0.25) is 0 Å². The number of carbonyl (C=O) groups is 1. The molecule has 3 heteroatoms. The average molecular weight is 234 g/mol. The van der Waals surface area contributed by atoms with Crippen LogP contribution in [0, 0.1) is 19.8 Å². The van der Waals surface area contributed by atoms with Gasteiger partial charge in [-0.15, -0.1) is 0 Å². The molecule has 2 N–H and O–H groups in total. The molecule has 1 unspecified atom stereocenters. The van der Waals surface area contributed by atoms with Crippen molar-refractivity contribution in [3.8, 4) is 5.75 Å². The zero-order chi connectivity index (χ0) is 12.6. The molecule has 1 aliphatic rings. The minimum atomic E-state index is -0.792. The lowest BCUT2D eigenvalue weighted by molar-refractivity contribution is -0.137. The Labute approximate surface area is 101 Å². The first-order valence-electron chi connectivity index (χ1n) is 6.01. The second-order valence-corrected chi connectivity index (χ2v) is 5.04. The quantitative estimate of drug-likeness (QED) is 0.842. The van der Waals surface area contributed by atoms with Gasteiger partial charge in [-0.1, -0.05) is 6.07 Å². The summed E-state index contributed by atoms with van der Waals surface area (Å²) in [6, 6.07) is 3.68. The van der Waals surface area contributed by atoms with Gasteiger partial charge in [0.25, 0.3) is 0 Å². The van der Waals surface area contributed by atoms with Crippen molar-refractivity contribution in [2.45, 2.75) is 39.0 Å². The Morgan fingerprint density at radius 2 is 1.94 bits per heavy atom. The summed E-state index contributed by atoms with van der Waals surface area (Å²) in [7, 11) is 0. The number of hydrogen-bond donors (Lipinski definition) is 2. The molecule has 1 aliphatic carbocycles. The summed E-state index contributed by atoms with van der Waals surface area (Å²) in [6.45, 7) is 3.94. The number of phenolic OH excluding ortho intramolecular Hbond substituents is 1. The van der Waals surface area contributed by atoms with Gasteiger partial charge in [-0.3, -0.25) is 4.79 Å². The van der Waals surface area contributed by atoms with E-state index in [1.54, 1.807) is 6.07 Å². The first-order chi connectivity index (χ1) is 7.99. The molecule has 92 valence electrons. The molecule has 17 heavy (non-hydrogen) atoms. The molecule has 0 aliphatic heterocycles. The fourth-order valence-electron chi connectivity index (χ4n) is 2.34. The highest BCUT2D eigenvalue weighted by molar-refractivity contribution is 5.68. The molecule has 0 heterocycles. The largest absolute Gasteiger partial charge is 0.508 e. The van der Waals surface area contributed by atoms with Crippen molar-refractivity contribution >= 4 is 5.97 Å². The van der Waals surface area contributed by atoms with Crippen molar-refractivity contribution in [1.82, 2.24) is 0 Å². The van der Waals surface area contributed by atoms with Crippen molar-refractivity contribution < 1.29 is 15.0 Å². The minimum absolute atomic E-state index is 0.0354. The van der Waals surface area contributed by atoms with Crippen LogP contribution in [0.4, 0.5) is 0 Å². The summed E-state index contributed by atoms with van der Waals surface area (Å²) in [6.07, 6.45) is 2.26. The highest BCUT2D eigenvalue weighted by atomic mass is 16.4. The Morgan fingerprint density at radius 3 is 2.47 bits per heavy atom. The van der Waals surface area contributed by atoms with E-state index in [4.69, 9.17) is 5.11 Å². The van der Waals surface area contributed by atoms with Gasteiger partial charge in [0.15, 0.2) is 0 Å². The third kappa shape index (κ3) is 2.60. The van der Waals surface area contributed by atoms with Crippen molar-refractivity contribution in [2.75, 3.05) is 0 Å². The lowest BCUT2D eigenvalue weighted by atomic mass is 9.88. The van der Waals surface area contributed by atoms with E-state index >= 15 is 0 Å². The lowest BCUT2D eigenvalue weighted by Crippen LogP contribution is -2.09. The standard InChI is InChI=1S/C14H18O3/c1-8-5-12(13(15)6-9(8)2)11(7-14(16)17)10-3-4-10/h5-6,10-11,15H,3-4,7H2,1-2H3,(H,16,17). The van der Waals surface area contributed by atoms with Crippen LogP contribution in [0.25, 0.3) is 0 Å². The number of hydrogen-bond acceptors (Lipinski definition) is 2. The highest BCUT2D eigenvalue weighted by Gasteiger charge is 2.35. The molecule has 0 radical (unpaired) electrons. The maximum Gasteiger partial charge on any atom is 0.303 e. The number of carboxylic acid groups (broad SMARTS) is 1. The van der Waals surface area contributed by atoms with E-state index in [-0.39, 0.29) is 18.1 Å². The van der Waals surface area contributed by atoms with Crippen LogP contribution in [-0.2, 0) is 4.79 Å². The highest BCUT2D eigenvalue weighted by Crippen LogP contribution is 2.47. The lowest BCUT2D eigenvalue weighted by Gasteiger charge is -2.17. The number of aliphatic carboxylic acids is 1. The van der Waals surface area contributed by atoms with E-state index < -0.39 is 5.97 Å². The second-order valence-electron chi connectivity index (χ2n) is 5.04. The van der Waals surface area contributed by atoms with Gasteiger partial charge >= 0.3 is 5.97 Å². The van der Waals surface area contributed by atoms with Crippen molar-refractivity contribution in [3.63, 3.8) is 0 Å². The molecule has 2 rings (SSSR count). The van der Waals surface area contributed by atoms with Crippen molar-refractivity contribution in [1.29, 1.82) is 0 Å². The first-order valence-corrected chi connectivity index (χ1v) is 6.01. The minimum Gasteiger partial charge on any atom is -0.508 e. The zero-order valence-corrected chi connectivity index (χ0v) is 10.2. The summed E-state index contributed by atoms with van der Waals surface area (Å²) >= 11 is 0.